The van der Waals surface area contributed by atoms with Gasteiger partial charge in [-0.05, 0) is 12.1 Å². The third kappa shape index (κ3) is 5.00. The molecule has 0 spiro atoms. The molecule has 21 heavy (non-hydrogen) atoms. The molecule has 8 heteroatoms. The zero-order valence-corrected chi connectivity index (χ0v) is 14.0. The number of anilines is 1. The van der Waals surface area contributed by atoms with E-state index in [-0.39, 0.29) is 42.9 Å². The van der Waals surface area contributed by atoms with Crippen LogP contribution < -0.4 is 15.5 Å². The Balaban J connectivity index is 0.00000200. The number of nitrogens with zero attached hydrogens (tertiary/aromatic N) is 2. The molecule has 0 radical (unpaired) electrons. The molecular formula is C13H22Cl2N4O2. The summed E-state index contributed by atoms with van der Waals surface area (Å²) in [4.78, 5) is 18.2. The summed E-state index contributed by atoms with van der Waals surface area (Å²) in [6.45, 7) is 1.49. The molecule has 1 fully saturated rings. The Kier molecular flexibility index (Phi) is 8.58. The maximum Gasteiger partial charge on any atom is 0.253 e. The van der Waals surface area contributed by atoms with E-state index in [1.807, 2.05) is 25.1 Å². The minimum Gasteiger partial charge on any atom is -0.378 e. The number of ether oxygens (including phenoxy) is 1. The van der Waals surface area contributed by atoms with E-state index in [9.17, 15) is 4.79 Å². The van der Waals surface area contributed by atoms with Gasteiger partial charge in [0.1, 0.15) is 5.82 Å². The fourth-order valence-corrected chi connectivity index (χ4v) is 2.08. The van der Waals surface area contributed by atoms with E-state index in [1.54, 1.807) is 19.4 Å². The summed E-state index contributed by atoms with van der Waals surface area (Å²) < 4.78 is 5.31. The van der Waals surface area contributed by atoms with Crippen LogP contribution >= 0.6 is 24.8 Å². The normalized spacial score (nSPS) is 20.1. The molecule has 1 aromatic rings. The summed E-state index contributed by atoms with van der Waals surface area (Å²) in [5, 5.41) is 6.16. The molecule has 2 rings (SSSR count). The number of carbonyl (C=O) groups is 1. The van der Waals surface area contributed by atoms with Crippen LogP contribution in [0.2, 0.25) is 0 Å². The van der Waals surface area contributed by atoms with Crippen molar-refractivity contribution in [2.24, 2.45) is 0 Å². The van der Waals surface area contributed by atoms with Gasteiger partial charge in [-0.25, -0.2) is 4.98 Å². The second-order valence-electron chi connectivity index (χ2n) is 4.81. The van der Waals surface area contributed by atoms with Gasteiger partial charge in [-0.15, -0.1) is 24.8 Å². The Labute approximate surface area is 137 Å². The molecule has 1 amide bonds. The third-order valence-corrected chi connectivity index (χ3v) is 3.25. The standard InChI is InChI=1S/C13H20N4O2.2ClH/c1-17(2)12-5-4-9(6-15-12)13(18)16-10-7-14-8-11(10)19-3;;/h4-6,10-11,14H,7-8H2,1-3H3,(H,16,18);2*1H/t10-,11-;;/m0../s1. The first-order chi connectivity index (χ1) is 9.11. The summed E-state index contributed by atoms with van der Waals surface area (Å²) in [6, 6.07) is 3.61. The van der Waals surface area contributed by atoms with E-state index in [1.165, 1.54) is 0 Å². The Morgan fingerprint density at radius 3 is 2.62 bits per heavy atom. The molecule has 6 nitrogen and oxygen atoms in total. The number of hydrogen-bond acceptors (Lipinski definition) is 5. The average Bonchev–Trinajstić information content (AvgIpc) is 2.86. The minimum atomic E-state index is -0.117. The minimum absolute atomic E-state index is 0. The monoisotopic (exact) mass is 336 g/mol. The van der Waals surface area contributed by atoms with Crippen LogP contribution in [0.1, 0.15) is 10.4 Å². The van der Waals surface area contributed by atoms with Crippen molar-refractivity contribution in [2.75, 3.05) is 39.2 Å². The van der Waals surface area contributed by atoms with Crippen LogP contribution in [0.5, 0.6) is 0 Å². The van der Waals surface area contributed by atoms with Crippen molar-refractivity contribution < 1.29 is 9.53 Å². The smallest absolute Gasteiger partial charge is 0.253 e. The van der Waals surface area contributed by atoms with Gasteiger partial charge in [-0.1, -0.05) is 0 Å². The number of pyridine rings is 1. The second-order valence-corrected chi connectivity index (χ2v) is 4.81. The molecule has 1 saturated heterocycles. The molecule has 0 aliphatic carbocycles. The first-order valence-electron chi connectivity index (χ1n) is 6.29. The maximum absolute atomic E-state index is 12.1. The molecule has 120 valence electrons. The highest BCUT2D eigenvalue weighted by Gasteiger charge is 2.28. The SMILES string of the molecule is CO[C@H]1CNC[C@@H]1NC(=O)c1ccc(N(C)C)nc1.Cl.Cl. The molecule has 1 aliphatic heterocycles. The molecule has 1 aromatic heterocycles. The number of aromatic nitrogens is 1. The van der Waals surface area contributed by atoms with Crippen LogP contribution in [0, 0.1) is 0 Å². The van der Waals surface area contributed by atoms with Crippen molar-refractivity contribution in [3.63, 3.8) is 0 Å². The fraction of sp³-hybridized carbons (Fsp3) is 0.538. The Bertz CT molecular complexity index is 442. The lowest BCUT2D eigenvalue weighted by Gasteiger charge is -2.18. The highest BCUT2D eigenvalue weighted by molar-refractivity contribution is 5.94. The molecule has 0 saturated carbocycles. The predicted octanol–water partition coefficient (Wildman–Crippen LogP) is 0.708. The Morgan fingerprint density at radius 2 is 2.10 bits per heavy atom. The molecule has 2 N–H and O–H groups in total. The topological polar surface area (TPSA) is 66.5 Å². The van der Waals surface area contributed by atoms with Gasteiger partial charge >= 0.3 is 0 Å². The van der Waals surface area contributed by atoms with Gasteiger partial charge in [-0.3, -0.25) is 4.79 Å². The summed E-state index contributed by atoms with van der Waals surface area (Å²) in [6.07, 6.45) is 1.62. The van der Waals surface area contributed by atoms with Crippen molar-refractivity contribution in [2.45, 2.75) is 12.1 Å². The average molecular weight is 337 g/mol. The lowest BCUT2D eigenvalue weighted by atomic mass is 10.2. The van der Waals surface area contributed by atoms with Gasteiger partial charge in [0.15, 0.2) is 0 Å². The lowest BCUT2D eigenvalue weighted by molar-refractivity contribution is 0.0779. The molecule has 2 heterocycles. The third-order valence-electron chi connectivity index (χ3n) is 3.25. The highest BCUT2D eigenvalue weighted by Crippen LogP contribution is 2.09. The number of carbonyl (C=O) groups excluding carboxylic acids is 1. The van der Waals surface area contributed by atoms with Gasteiger partial charge in [-0.2, -0.15) is 0 Å². The van der Waals surface area contributed by atoms with Crippen molar-refractivity contribution in [3.8, 4) is 0 Å². The van der Waals surface area contributed by atoms with Crippen LogP contribution in [0.3, 0.4) is 0 Å². The zero-order valence-electron chi connectivity index (χ0n) is 12.3. The lowest BCUT2D eigenvalue weighted by Crippen LogP contribution is -2.43. The first kappa shape index (κ1) is 19.9. The van der Waals surface area contributed by atoms with Crippen molar-refractivity contribution in [1.82, 2.24) is 15.6 Å². The van der Waals surface area contributed by atoms with E-state index in [0.29, 0.717) is 5.56 Å². The Morgan fingerprint density at radius 1 is 1.38 bits per heavy atom. The van der Waals surface area contributed by atoms with Crippen molar-refractivity contribution in [3.05, 3.63) is 23.9 Å². The molecule has 2 atom stereocenters. The summed E-state index contributed by atoms with van der Waals surface area (Å²) >= 11 is 0. The van der Waals surface area contributed by atoms with Crippen LogP contribution in [0.25, 0.3) is 0 Å². The molecule has 1 aliphatic rings. The van der Waals surface area contributed by atoms with Gasteiger partial charge in [0.2, 0.25) is 0 Å². The quantitative estimate of drug-likeness (QED) is 0.847. The van der Waals surface area contributed by atoms with Crippen molar-refractivity contribution in [1.29, 1.82) is 0 Å². The van der Waals surface area contributed by atoms with Gasteiger partial charge in [0.05, 0.1) is 17.7 Å². The number of methoxy groups -OCH3 is 1. The van der Waals surface area contributed by atoms with Gasteiger partial charge in [0, 0.05) is 40.5 Å². The summed E-state index contributed by atoms with van der Waals surface area (Å²) in [5.41, 5.74) is 0.562. The van der Waals surface area contributed by atoms with E-state index >= 15 is 0 Å². The fourth-order valence-electron chi connectivity index (χ4n) is 2.08. The molecule has 0 unspecified atom stereocenters. The van der Waals surface area contributed by atoms with Crippen LogP contribution in [-0.4, -0.2) is 57.3 Å². The highest BCUT2D eigenvalue weighted by atomic mass is 35.5. The summed E-state index contributed by atoms with van der Waals surface area (Å²) in [5.74, 6) is 0.711. The van der Waals surface area contributed by atoms with Gasteiger partial charge < -0.3 is 20.3 Å². The van der Waals surface area contributed by atoms with Crippen molar-refractivity contribution >= 4 is 36.5 Å². The molecular weight excluding hydrogens is 315 g/mol. The number of nitrogens with one attached hydrogen (secondary N) is 2. The Hall–Kier alpha value is -1.08. The number of halogens is 2. The van der Waals surface area contributed by atoms with Crippen LogP contribution in [0.4, 0.5) is 5.82 Å². The number of amides is 1. The van der Waals surface area contributed by atoms with E-state index in [0.717, 1.165) is 18.9 Å². The van der Waals surface area contributed by atoms with E-state index in [4.69, 9.17) is 4.74 Å². The second kappa shape index (κ2) is 9.04. The van der Waals surface area contributed by atoms with Gasteiger partial charge in [0.25, 0.3) is 5.91 Å². The van der Waals surface area contributed by atoms with Crippen LogP contribution in [-0.2, 0) is 4.74 Å². The zero-order chi connectivity index (χ0) is 13.8. The maximum atomic E-state index is 12.1. The van der Waals surface area contributed by atoms with E-state index < -0.39 is 0 Å². The summed E-state index contributed by atoms with van der Waals surface area (Å²) in [7, 11) is 5.48. The first-order valence-corrected chi connectivity index (χ1v) is 6.29. The van der Waals surface area contributed by atoms with E-state index in [2.05, 4.69) is 15.6 Å². The largest absolute Gasteiger partial charge is 0.378 e. The molecule has 0 bridgehead atoms. The molecule has 0 aromatic carbocycles. The number of hydrogen-bond donors (Lipinski definition) is 2. The van der Waals surface area contributed by atoms with Crippen LogP contribution in [0.15, 0.2) is 18.3 Å². The predicted molar refractivity (Wildman–Crippen MR) is 88.0 cm³/mol. The number of rotatable bonds is 4.